The lowest BCUT2D eigenvalue weighted by Crippen LogP contribution is -2.34. The van der Waals surface area contributed by atoms with E-state index in [0.717, 1.165) is 12.1 Å². The summed E-state index contributed by atoms with van der Waals surface area (Å²) in [5, 5.41) is 4.19. The number of anilines is 1. The SMILES string of the molecule is O=C(NC(=O)c1ccccc1Cl)Nc1cc(CCC(F)(F)F)ccc1F. The van der Waals surface area contributed by atoms with Gasteiger partial charge in [-0.25, -0.2) is 9.18 Å². The molecule has 9 heteroatoms. The maximum absolute atomic E-state index is 13.8. The number of hydrogen-bond donors (Lipinski definition) is 2. The molecule has 0 saturated heterocycles. The first-order valence-electron chi connectivity index (χ1n) is 7.38. The monoisotopic (exact) mass is 388 g/mol. The van der Waals surface area contributed by atoms with E-state index < -0.39 is 30.4 Å². The van der Waals surface area contributed by atoms with Crippen molar-refractivity contribution in [3.05, 3.63) is 64.4 Å². The highest BCUT2D eigenvalue weighted by Crippen LogP contribution is 2.24. The zero-order valence-electron chi connectivity index (χ0n) is 13.2. The number of imide groups is 1. The Morgan fingerprint density at radius 3 is 2.42 bits per heavy atom. The highest BCUT2D eigenvalue weighted by atomic mass is 35.5. The van der Waals surface area contributed by atoms with E-state index in [-0.39, 0.29) is 28.3 Å². The van der Waals surface area contributed by atoms with Crippen LogP contribution in [0.25, 0.3) is 0 Å². The van der Waals surface area contributed by atoms with E-state index in [2.05, 4.69) is 5.32 Å². The van der Waals surface area contributed by atoms with Gasteiger partial charge in [-0.1, -0.05) is 29.8 Å². The molecule has 0 fully saturated rings. The lowest BCUT2D eigenvalue weighted by Gasteiger charge is -2.11. The molecule has 0 unspecified atom stereocenters. The summed E-state index contributed by atoms with van der Waals surface area (Å²) in [6, 6.07) is 8.17. The number of alkyl halides is 3. The molecule has 0 spiro atoms. The van der Waals surface area contributed by atoms with Gasteiger partial charge in [0.2, 0.25) is 0 Å². The predicted molar refractivity (Wildman–Crippen MR) is 88.7 cm³/mol. The van der Waals surface area contributed by atoms with E-state index in [1.54, 1.807) is 12.1 Å². The smallest absolute Gasteiger partial charge is 0.305 e. The van der Waals surface area contributed by atoms with Crippen LogP contribution in [0.2, 0.25) is 5.02 Å². The molecule has 2 aromatic carbocycles. The van der Waals surface area contributed by atoms with Crippen molar-refractivity contribution >= 4 is 29.2 Å². The number of hydrogen-bond acceptors (Lipinski definition) is 2. The molecule has 0 bridgehead atoms. The van der Waals surface area contributed by atoms with Crippen LogP contribution >= 0.6 is 11.6 Å². The summed E-state index contributed by atoms with van der Waals surface area (Å²) in [4.78, 5) is 23.8. The van der Waals surface area contributed by atoms with E-state index >= 15 is 0 Å². The molecule has 0 saturated carbocycles. The third-order valence-corrected chi connectivity index (χ3v) is 3.65. The molecular weight excluding hydrogens is 376 g/mol. The Bertz CT molecular complexity index is 825. The van der Waals surface area contributed by atoms with E-state index in [1.165, 1.54) is 18.2 Å². The molecule has 2 aromatic rings. The molecule has 138 valence electrons. The van der Waals surface area contributed by atoms with Crippen molar-refractivity contribution in [2.24, 2.45) is 0 Å². The Morgan fingerprint density at radius 2 is 1.77 bits per heavy atom. The topological polar surface area (TPSA) is 58.2 Å². The zero-order valence-corrected chi connectivity index (χ0v) is 13.9. The molecule has 0 aromatic heterocycles. The molecule has 0 aliphatic carbocycles. The van der Waals surface area contributed by atoms with Crippen LogP contribution in [0.15, 0.2) is 42.5 Å². The van der Waals surface area contributed by atoms with Gasteiger partial charge < -0.3 is 5.32 Å². The lowest BCUT2D eigenvalue weighted by molar-refractivity contribution is -0.134. The van der Waals surface area contributed by atoms with Gasteiger partial charge in [0.15, 0.2) is 0 Å². The van der Waals surface area contributed by atoms with Gasteiger partial charge in [0.25, 0.3) is 5.91 Å². The summed E-state index contributed by atoms with van der Waals surface area (Å²) in [5.41, 5.74) is -0.102. The van der Waals surface area contributed by atoms with E-state index in [4.69, 9.17) is 11.6 Å². The van der Waals surface area contributed by atoms with Crippen molar-refractivity contribution in [3.8, 4) is 0 Å². The van der Waals surface area contributed by atoms with E-state index in [0.29, 0.717) is 0 Å². The number of halogens is 5. The van der Waals surface area contributed by atoms with Crippen LogP contribution in [0.1, 0.15) is 22.3 Å². The number of aryl methyl sites for hydroxylation is 1. The first kappa shape index (κ1) is 19.7. The maximum Gasteiger partial charge on any atom is 0.389 e. The van der Waals surface area contributed by atoms with Gasteiger partial charge >= 0.3 is 12.2 Å². The van der Waals surface area contributed by atoms with Crippen molar-refractivity contribution in [2.45, 2.75) is 19.0 Å². The normalized spacial score (nSPS) is 11.1. The number of urea groups is 1. The van der Waals surface area contributed by atoms with Gasteiger partial charge in [-0.3, -0.25) is 10.1 Å². The fraction of sp³-hybridized carbons (Fsp3) is 0.176. The third kappa shape index (κ3) is 5.73. The van der Waals surface area contributed by atoms with Crippen LogP contribution in [0.5, 0.6) is 0 Å². The summed E-state index contributed by atoms with van der Waals surface area (Å²) >= 11 is 5.84. The van der Waals surface area contributed by atoms with Crippen molar-refractivity contribution in [3.63, 3.8) is 0 Å². The average molecular weight is 389 g/mol. The number of amides is 3. The van der Waals surface area contributed by atoms with Crippen molar-refractivity contribution < 1.29 is 27.2 Å². The van der Waals surface area contributed by atoms with Gasteiger partial charge in [0, 0.05) is 6.42 Å². The predicted octanol–water partition coefficient (Wildman–Crippen LogP) is 4.94. The summed E-state index contributed by atoms with van der Waals surface area (Å²) in [7, 11) is 0. The quantitative estimate of drug-likeness (QED) is 0.729. The largest absolute Gasteiger partial charge is 0.389 e. The zero-order chi connectivity index (χ0) is 19.3. The second kappa shape index (κ2) is 8.18. The number of carbonyl (C=O) groups is 2. The first-order chi connectivity index (χ1) is 12.2. The molecular formula is C17H13ClF4N2O2. The molecule has 0 radical (unpaired) electrons. The van der Waals surface area contributed by atoms with Gasteiger partial charge in [-0.15, -0.1) is 0 Å². The first-order valence-corrected chi connectivity index (χ1v) is 7.75. The molecule has 2 rings (SSSR count). The summed E-state index contributed by atoms with van der Waals surface area (Å²) in [6.07, 6.45) is -5.78. The van der Waals surface area contributed by atoms with Crippen LogP contribution in [0.4, 0.5) is 28.0 Å². The van der Waals surface area contributed by atoms with E-state index in [9.17, 15) is 27.2 Å². The van der Waals surface area contributed by atoms with Gasteiger partial charge in [0.1, 0.15) is 5.82 Å². The summed E-state index contributed by atoms with van der Waals surface area (Å²) in [5.74, 6) is -1.65. The van der Waals surface area contributed by atoms with Gasteiger partial charge in [-0.2, -0.15) is 13.2 Å². The Balaban J connectivity index is 2.04. The summed E-state index contributed by atoms with van der Waals surface area (Å²) in [6.45, 7) is 0. The van der Waals surface area contributed by atoms with Crippen LogP contribution in [-0.4, -0.2) is 18.1 Å². The molecule has 0 heterocycles. The Labute approximate surface area is 151 Å². The number of nitrogens with one attached hydrogen (secondary N) is 2. The van der Waals surface area contributed by atoms with Crippen molar-refractivity contribution in [2.75, 3.05) is 5.32 Å². The molecule has 2 N–H and O–H groups in total. The number of rotatable bonds is 4. The Morgan fingerprint density at radius 1 is 1.08 bits per heavy atom. The fourth-order valence-corrected chi connectivity index (χ4v) is 2.30. The standard InChI is InChI=1S/C17H13ClF4N2O2/c18-12-4-2-1-3-11(12)15(25)24-16(26)23-14-9-10(5-6-13(14)19)7-8-17(20,21)22/h1-6,9H,7-8H2,(H2,23,24,25,26). The van der Waals surface area contributed by atoms with Gasteiger partial charge in [0.05, 0.1) is 16.3 Å². The van der Waals surface area contributed by atoms with E-state index in [1.807, 2.05) is 5.32 Å². The molecule has 0 atom stereocenters. The fourth-order valence-electron chi connectivity index (χ4n) is 2.08. The van der Waals surface area contributed by atoms with Crippen molar-refractivity contribution in [1.82, 2.24) is 5.32 Å². The molecule has 26 heavy (non-hydrogen) atoms. The minimum absolute atomic E-state index is 0.0451. The van der Waals surface area contributed by atoms with Crippen LogP contribution < -0.4 is 10.6 Å². The minimum atomic E-state index is -4.35. The Hall–Kier alpha value is -2.61. The van der Waals surface area contributed by atoms with Gasteiger partial charge in [-0.05, 0) is 36.2 Å². The lowest BCUT2D eigenvalue weighted by atomic mass is 10.1. The molecule has 3 amide bonds. The second-order valence-electron chi connectivity index (χ2n) is 5.32. The third-order valence-electron chi connectivity index (χ3n) is 3.32. The minimum Gasteiger partial charge on any atom is -0.305 e. The summed E-state index contributed by atoms with van der Waals surface area (Å²) < 4.78 is 50.6. The number of benzene rings is 2. The van der Waals surface area contributed by atoms with Crippen molar-refractivity contribution in [1.29, 1.82) is 0 Å². The van der Waals surface area contributed by atoms with Crippen LogP contribution in [0, 0.1) is 5.82 Å². The molecule has 0 aliphatic rings. The maximum atomic E-state index is 13.8. The number of carbonyl (C=O) groups excluding carboxylic acids is 2. The highest BCUT2D eigenvalue weighted by Gasteiger charge is 2.26. The average Bonchev–Trinajstić information content (AvgIpc) is 2.55. The van der Waals surface area contributed by atoms with Crippen LogP contribution in [-0.2, 0) is 6.42 Å². The molecule has 0 aliphatic heterocycles. The highest BCUT2D eigenvalue weighted by molar-refractivity contribution is 6.34. The Kier molecular flexibility index (Phi) is 6.20. The second-order valence-corrected chi connectivity index (χ2v) is 5.72. The molecule has 4 nitrogen and oxygen atoms in total. The van der Waals surface area contributed by atoms with Crippen LogP contribution in [0.3, 0.4) is 0 Å².